The summed E-state index contributed by atoms with van der Waals surface area (Å²) in [6.07, 6.45) is 4.24. The van der Waals surface area contributed by atoms with E-state index in [1.54, 1.807) is 25.3 Å². The highest BCUT2D eigenvalue weighted by Crippen LogP contribution is 2.27. The molecule has 0 radical (unpaired) electrons. The maximum atomic E-state index is 14.0. The molecule has 0 aliphatic carbocycles. The van der Waals surface area contributed by atoms with Crippen molar-refractivity contribution in [3.8, 4) is 17.1 Å². The number of ether oxygens (including phenoxy) is 1. The van der Waals surface area contributed by atoms with Crippen LogP contribution < -0.4 is 4.74 Å². The first-order valence-corrected chi connectivity index (χ1v) is 10.9. The number of ketones is 1. The minimum atomic E-state index is -0.464. The Labute approximate surface area is 188 Å². The summed E-state index contributed by atoms with van der Waals surface area (Å²) in [4.78, 5) is 15.7. The van der Waals surface area contributed by atoms with Gasteiger partial charge in [0.25, 0.3) is 0 Å². The Morgan fingerprint density at radius 2 is 2.03 bits per heavy atom. The van der Waals surface area contributed by atoms with Gasteiger partial charge in [0, 0.05) is 29.4 Å². The molecular formula is C25H28ClFN2O2. The number of rotatable bonds is 10. The molecule has 164 valence electrons. The first-order chi connectivity index (χ1) is 14.8. The van der Waals surface area contributed by atoms with Crippen molar-refractivity contribution < 1.29 is 13.9 Å². The van der Waals surface area contributed by atoms with Gasteiger partial charge in [-0.3, -0.25) is 0 Å². The molecule has 0 aliphatic heterocycles. The molecule has 3 rings (SSSR count). The number of carbonyl (C=O) groups excluding carboxylic acids is 1. The molecule has 0 N–H and O–H groups in total. The van der Waals surface area contributed by atoms with Crippen LogP contribution in [0.2, 0.25) is 5.02 Å². The van der Waals surface area contributed by atoms with Crippen LogP contribution in [0.25, 0.3) is 11.4 Å². The Hall–Kier alpha value is -2.66. The van der Waals surface area contributed by atoms with Gasteiger partial charge in [-0.2, -0.15) is 0 Å². The maximum absolute atomic E-state index is 14.0. The van der Waals surface area contributed by atoms with E-state index < -0.39 is 5.82 Å². The highest BCUT2D eigenvalue weighted by atomic mass is 35.5. The monoisotopic (exact) mass is 442 g/mol. The second kappa shape index (κ2) is 10.6. The minimum Gasteiger partial charge on any atom is -0.493 e. The van der Waals surface area contributed by atoms with E-state index in [1.807, 2.05) is 35.8 Å². The number of aryl methyl sites for hydroxylation is 1. The summed E-state index contributed by atoms with van der Waals surface area (Å²) in [5.41, 5.74) is 2.67. The van der Waals surface area contributed by atoms with Gasteiger partial charge in [-0.05, 0) is 56.9 Å². The van der Waals surface area contributed by atoms with Gasteiger partial charge >= 0.3 is 0 Å². The number of halogens is 2. The van der Waals surface area contributed by atoms with E-state index in [-0.39, 0.29) is 10.8 Å². The predicted octanol–water partition coefficient (Wildman–Crippen LogP) is 6.47. The van der Waals surface area contributed by atoms with Crippen LogP contribution in [0.3, 0.4) is 0 Å². The lowest BCUT2D eigenvalue weighted by atomic mass is 10.00. The molecule has 0 saturated heterocycles. The van der Waals surface area contributed by atoms with E-state index >= 15 is 0 Å². The molecular weight excluding hydrogens is 415 g/mol. The third-order valence-corrected chi connectivity index (χ3v) is 5.58. The summed E-state index contributed by atoms with van der Waals surface area (Å²) in [7, 11) is 0. The van der Waals surface area contributed by atoms with Gasteiger partial charge in [0.05, 0.1) is 18.2 Å². The molecule has 4 nitrogen and oxygen atoms in total. The number of hydrogen-bond acceptors (Lipinski definition) is 3. The molecule has 31 heavy (non-hydrogen) atoms. The van der Waals surface area contributed by atoms with Crippen molar-refractivity contribution in [1.29, 1.82) is 0 Å². The summed E-state index contributed by atoms with van der Waals surface area (Å²) < 4.78 is 22.1. The van der Waals surface area contributed by atoms with E-state index in [0.717, 1.165) is 29.8 Å². The Morgan fingerprint density at radius 3 is 2.77 bits per heavy atom. The lowest BCUT2D eigenvalue weighted by Gasteiger charge is -2.16. The van der Waals surface area contributed by atoms with Crippen LogP contribution in [0.4, 0.5) is 4.39 Å². The Balaban J connectivity index is 1.72. The Morgan fingerprint density at radius 1 is 1.26 bits per heavy atom. The first kappa shape index (κ1) is 23.0. The molecule has 1 aromatic heterocycles. The number of carbonyl (C=O) groups is 1. The quantitative estimate of drug-likeness (QED) is 0.338. The van der Waals surface area contributed by atoms with Crippen molar-refractivity contribution in [1.82, 2.24) is 9.55 Å². The van der Waals surface area contributed by atoms with Crippen molar-refractivity contribution in [2.24, 2.45) is 5.92 Å². The third kappa shape index (κ3) is 6.17. The van der Waals surface area contributed by atoms with Gasteiger partial charge < -0.3 is 14.1 Å². The second-order valence-electron chi connectivity index (χ2n) is 8.05. The van der Waals surface area contributed by atoms with Crippen LogP contribution in [-0.4, -0.2) is 21.9 Å². The largest absolute Gasteiger partial charge is 0.493 e. The van der Waals surface area contributed by atoms with Crippen molar-refractivity contribution in [2.75, 3.05) is 6.61 Å². The molecule has 0 aliphatic rings. The zero-order valence-corrected chi connectivity index (χ0v) is 19.0. The summed E-state index contributed by atoms with van der Waals surface area (Å²) in [6.45, 7) is 6.86. The van der Waals surface area contributed by atoms with Gasteiger partial charge in [0.2, 0.25) is 0 Å². The first-order valence-electron chi connectivity index (χ1n) is 10.5. The normalized spacial score (nSPS) is 12.0. The maximum Gasteiger partial charge on any atom is 0.142 e. The van der Waals surface area contributed by atoms with Gasteiger partial charge in [0.1, 0.15) is 23.2 Å². The highest BCUT2D eigenvalue weighted by molar-refractivity contribution is 6.30. The fraction of sp³-hybridized carbons (Fsp3) is 0.360. The van der Waals surface area contributed by atoms with Gasteiger partial charge in [-0.25, -0.2) is 9.37 Å². The van der Waals surface area contributed by atoms with Crippen molar-refractivity contribution in [3.05, 3.63) is 70.8 Å². The molecule has 0 bridgehead atoms. The van der Waals surface area contributed by atoms with Crippen LogP contribution in [-0.2, 0) is 11.3 Å². The molecule has 0 saturated carbocycles. The van der Waals surface area contributed by atoms with Crippen molar-refractivity contribution in [2.45, 2.75) is 46.6 Å². The molecule has 6 heteroatoms. The number of aromatic nitrogens is 2. The summed E-state index contributed by atoms with van der Waals surface area (Å²) in [5.74, 6) is 1.64. The average Bonchev–Trinajstić information content (AvgIpc) is 3.08. The molecule has 0 amide bonds. The highest BCUT2D eigenvalue weighted by Gasteiger charge is 2.14. The summed E-state index contributed by atoms with van der Waals surface area (Å²) in [5, 5.41) is 0.0925. The van der Waals surface area contributed by atoms with E-state index in [2.05, 4.69) is 11.9 Å². The number of hydrogen-bond donors (Lipinski definition) is 0. The van der Waals surface area contributed by atoms with Crippen molar-refractivity contribution >= 4 is 17.4 Å². The molecule has 0 fully saturated rings. The van der Waals surface area contributed by atoms with Crippen molar-refractivity contribution in [3.63, 3.8) is 0 Å². The zero-order valence-electron chi connectivity index (χ0n) is 18.2. The number of para-hydroxylation sites is 1. The van der Waals surface area contributed by atoms with E-state index in [0.29, 0.717) is 36.9 Å². The fourth-order valence-corrected chi connectivity index (χ4v) is 3.80. The smallest absolute Gasteiger partial charge is 0.142 e. The van der Waals surface area contributed by atoms with Crippen LogP contribution >= 0.6 is 11.6 Å². The topological polar surface area (TPSA) is 44.1 Å². The van der Waals surface area contributed by atoms with Crippen LogP contribution in [0.1, 0.15) is 44.4 Å². The third-order valence-electron chi connectivity index (χ3n) is 5.27. The second-order valence-corrected chi connectivity index (χ2v) is 8.46. The Kier molecular flexibility index (Phi) is 7.85. The predicted molar refractivity (Wildman–Crippen MR) is 122 cm³/mol. The Bertz CT molecular complexity index is 1050. The van der Waals surface area contributed by atoms with Gasteiger partial charge in [-0.15, -0.1) is 0 Å². The van der Waals surface area contributed by atoms with E-state index in [9.17, 15) is 9.18 Å². The minimum absolute atomic E-state index is 0.0925. The van der Waals surface area contributed by atoms with Crippen LogP contribution in [0.15, 0.2) is 48.7 Å². The fourth-order valence-electron chi connectivity index (χ4n) is 3.68. The molecule has 3 aromatic rings. The summed E-state index contributed by atoms with van der Waals surface area (Å²) >= 11 is 5.83. The average molecular weight is 443 g/mol. The van der Waals surface area contributed by atoms with E-state index in [4.69, 9.17) is 16.3 Å². The van der Waals surface area contributed by atoms with Gasteiger partial charge in [-0.1, -0.05) is 36.7 Å². The molecule has 1 atom stereocenters. The number of benzene rings is 2. The lowest BCUT2D eigenvalue weighted by Crippen LogP contribution is -2.08. The lowest BCUT2D eigenvalue weighted by molar-refractivity contribution is -0.117. The molecule has 1 heterocycles. The standard InChI is InChI=1S/C25H28ClFN2O2/c1-17(13-19(3)30)7-6-12-31-24-9-5-4-8-21(24)16-29-18(2)15-28-25(29)20-10-11-22(26)23(27)14-20/h4-5,8-11,14-15,17H,6-7,12-13,16H2,1-3H3/t17-/m1/s1. The van der Waals surface area contributed by atoms with Gasteiger partial charge in [0.15, 0.2) is 0 Å². The van der Waals surface area contributed by atoms with Crippen LogP contribution in [0.5, 0.6) is 5.75 Å². The van der Waals surface area contributed by atoms with Crippen LogP contribution in [0, 0.1) is 18.7 Å². The SMILES string of the molecule is CC(=O)C[C@H](C)CCCOc1ccccc1Cn1c(C)cnc1-c1ccc(Cl)c(F)c1. The molecule has 0 unspecified atom stereocenters. The zero-order chi connectivity index (χ0) is 22.4. The number of imidazole rings is 1. The number of Topliss-reactive ketones (excluding diaryl/α,β-unsaturated/α-hetero) is 1. The summed E-state index contributed by atoms with van der Waals surface area (Å²) in [6, 6.07) is 12.6. The molecule has 0 spiro atoms. The number of nitrogens with zero attached hydrogens (tertiary/aromatic N) is 2. The van der Waals surface area contributed by atoms with E-state index in [1.165, 1.54) is 6.07 Å². The molecule has 2 aromatic carbocycles.